The summed E-state index contributed by atoms with van der Waals surface area (Å²) in [4.78, 5) is 15.1. The van der Waals surface area contributed by atoms with Gasteiger partial charge in [0.15, 0.2) is 0 Å². The van der Waals surface area contributed by atoms with E-state index >= 15 is 0 Å². The second-order valence-electron chi connectivity index (χ2n) is 4.34. The topological polar surface area (TPSA) is 40.5 Å². The SMILES string of the molecule is CC(C)N(CCCO)C(=O)CCc1cccs1. The van der Waals surface area contributed by atoms with Gasteiger partial charge in [-0.25, -0.2) is 0 Å². The van der Waals surface area contributed by atoms with Gasteiger partial charge in [-0.05, 0) is 38.1 Å². The highest BCUT2D eigenvalue weighted by molar-refractivity contribution is 7.09. The molecular weight excluding hydrogens is 234 g/mol. The number of carbonyl (C=O) groups is 1. The minimum absolute atomic E-state index is 0.140. The fourth-order valence-corrected chi connectivity index (χ4v) is 2.45. The zero-order valence-electron chi connectivity index (χ0n) is 10.6. The van der Waals surface area contributed by atoms with E-state index in [0.29, 0.717) is 19.4 Å². The molecule has 0 aliphatic carbocycles. The summed E-state index contributed by atoms with van der Waals surface area (Å²) in [5.41, 5.74) is 0. The molecule has 3 nitrogen and oxygen atoms in total. The summed E-state index contributed by atoms with van der Waals surface area (Å²) in [5, 5.41) is 10.9. The standard InChI is InChI=1S/C13H21NO2S/c1-11(2)14(8-4-9-15)13(16)7-6-12-5-3-10-17-12/h3,5,10-11,15H,4,6-9H2,1-2H3. The number of carbonyl (C=O) groups excluding carboxylic acids is 1. The van der Waals surface area contributed by atoms with E-state index in [-0.39, 0.29) is 18.6 Å². The Morgan fingerprint density at radius 3 is 2.82 bits per heavy atom. The van der Waals surface area contributed by atoms with Crippen molar-refractivity contribution in [2.24, 2.45) is 0 Å². The van der Waals surface area contributed by atoms with Crippen LogP contribution in [0.4, 0.5) is 0 Å². The van der Waals surface area contributed by atoms with Crippen molar-refractivity contribution in [3.63, 3.8) is 0 Å². The Bertz CT molecular complexity index is 322. The molecule has 96 valence electrons. The molecule has 0 radical (unpaired) electrons. The number of nitrogens with zero attached hydrogens (tertiary/aromatic N) is 1. The van der Waals surface area contributed by atoms with Crippen molar-refractivity contribution in [1.29, 1.82) is 0 Å². The molecule has 0 spiro atoms. The molecule has 0 atom stereocenters. The van der Waals surface area contributed by atoms with Gasteiger partial charge in [0, 0.05) is 30.5 Å². The van der Waals surface area contributed by atoms with Crippen LogP contribution in [0.5, 0.6) is 0 Å². The zero-order valence-corrected chi connectivity index (χ0v) is 11.4. The average molecular weight is 255 g/mol. The maximum atomic E-state index is 12.0. The van der Waals surface area contributed by atoms with Crippen LogP contribution < -0.4 is 0 Å². The highest BCUT2D eigenvalue weighted by atomic mass is 32.1. The minimum atomic E-state index is 0.140. The normalized spacial score (nSPS) is 10.8. The third kappa shape index (κ3) is 4.88. The molecule has 1 heterocycles. The van der Waals surface area contributed by atoms with E-state index in [9.17, 15) is 4.79 Å². The monoisotopic (exact) mass is 255 g/mol. The van der Waals surface area contributed by atoms with E-state index in [0.717, 1.165) is 6.42 Å². The fourth-order valence-electron chi connectivity index (χ4n) is 1.74. The van der Waals surface area contributed by atoms with Crippen molar-refractivity contribution < 1.29 is 9.90 Å². The Morgan fingerprint density at radius 1 is 1.53 bits per heavy atom. The van der Waals surface area contributed by atoms with E-state index in [1.54, 1.807) is 11.3 Å². The van der Waals surface area contributed by atoms with Crippen LogP contribution in [0.2, 0.25) is 0 Å². The van der Waals surface area contributed by atoms with Crippen molar-refractivity contribution in [3.8, 4) is 0 Å². The summed E-state index contributed by atoms with van der Waals surface area (Å²) in [7, 11) is 0. The molecule has 0 bridgehead atoms. The first-order valence-corrected chi connectivity index (χ1v) is 6.96. The molecule has 0 fully saturated rings. The van der Waals surface area contributed by atoms with E-state index in [4.69, 9.17) is 5.11 Å². The quantitative estimate of drug-likeness (QED) is 0.812. The summed E-state index contributed by atoms with van der Waals surface area (Å²) < 4.78 is 0. The number of amides is 1. The summed E-state index contributed by atoms with van der Waals surface area (Å²) in [6.45, 7) is 4.82. The largest absolute Gasteiger partial charge is 0.396 e. The molecule has 1 amide bonds. The van der Waals surface area contributed by atoms with E-state index < -0.39 is 0 Å². The maximum absolute atomic E-state index is 12.0. The van der Waals surface area contributed by atoms with Crippen LogP contribution >= 0.6 is 11.3 Å². The van der Waals surface area contributed by atoms with Crippen LogP contribution in [0.1, 0.15) is 31.6 Å². The predicted octanol–water partition coefficient (Wildman–Crippen LogP) is 2.30. The van der Waals surface area contributed by atoms with Crippen LogP contribution in [0, 0.1) is 0 Å². The second-order valence-corrected chi connectivity index (χ2v) is 5.37. The van der Waals surface area contributed by atoms with Crippen LogP contribution in [-0.2, 0) is 11.2 Å². The smallest absolute Gasteiger partial charge is 0.223 e. The number of hydrogen-bond acceptors (Lipinski definition) is 3. The molecule has 0 saturated heterocycles. The molecule has 17 heavy (non-hydrogen) atoms. The molecular formula is C13H21NO2S. The van der Waals surface area contributed by atoms with E-state index in [1.165, 1.54) is 4.88 Å². The van der Waals surface area contributed by atoms with Gasteiger partial charge in [-0.3, -0.25) is 4.79 Å². The Balaban J connectivity index is 2.42. The molecule has 1 aromatic rings. The molecule has 0 unspecified atom stereocenters. The lowest BCUT2D eigenvalue weighted by atomic mass is 10.2. The van der Waals surface area contributed by atoms with Crippen molar-refractivity contribution in [2.75, 3.05) is 13.2 Å². The predicted molar refractivity (Wildman–Crippen MR) is 71.2 cm³/mol. The van der Waals surface area contributed by atoms with Gasteiger partial charge >= 0.3 is 0 Å². The third-order valence-corrected chi connectivity index (χ3v) is 3.60. The summed E-state index contributed by atoms with van der Waals surface area (Å²) in [6.07, 6.45) is 2.03. The fraction of sp³-hybridized carbons (Fsp3) is 0.615. The Hall–Kier alpha value is -0.870. The summed E-state index contributed by atoms with van der Waals surface area (Å²) >= 11 is 1.69. The first kappa shape index (κ1) is 14.2. The lowest BCUT2D eigenvalue weighted by Gasteiger charge is -2.26. The number of aliphatic hydroxyl groups excluding tert-OH is 1. The summed E-state index contributed by atoms with van der Waals surface area (Å²) in [6, 6.07) is 4.28. The molecule has 0 aromatic carbocycles. The molecule has 0 aliphatic heterocycles. The van der Waals surface area contributed by atoms with Crippen LogP contribution in [0.15, 0.2) is 17.5 Å². The Morgan fingerprint density at radius 2 is 2.29 bits per heavy atom. The van der Waals surface area contributed by atoms with Crippen molar-refractivity contribution in [2.45, 2.75) is 39.2 Å². The van der Waals surface area contributed by atoms with Crippen molar-refractivity contribution in [1.82, 2.24) is 4.90 Å². The zero-order chi connectivity index (χ0) is 12.7. The first-order valence-electron chi connectivity index (χ1n) is 6.08. The molecule has 0 saturated carbocycles. The van der Waals surface area contributed by atoms with Gasteiger partial charge < -0.3 is 10.0 Å². The maximum Gasteiger partial charge on any atom is 0.223 e. The third-order valence-electron chi connectivity index (χ3n) is 2.67. The highest BCUT2D eigenvalue weighted by Crippen LogP contribution is 2.12. The number of aliphatic hydroxyl groups is 1. The highest BCUT2D eigenvalue weighted by Gasteiger charge is 2.16. The Labute approximate surface area is 107 Å². The molecule has 0 aliphatic rings. The summed E-state index contributed by atoms with van der Waals surface area (Å²) in [5.74, 6) is 0.182. The molecule has 1 rings (SSSR count). The van der Waals surface area contributed by atoms with Crippen molar-refractivity contribution in [3.05, 3.63) is 22.4 Å². The molecule has 1 aromatic heterocycles. The molecule has 1 N–H and O–H groups in total. The van der Waals surface area contributed by atoms with Gasteiger partial charge in [0.25, 0.3) is 0 Å². The van der Waals surface area contributed by atoms with Gasteiger partial charge in [0.2, 0.25) is 5.91 Å². The van der Waals surface area contributed by atoms with Gasteiger partial charge in [-0.2, -0.15) is 0 Å². The average Bonchev–Trinajstić information content (AvgIpc) is 2.79. The number of thiophene rings is 1. The lowest BCUT2D eigenvalue weighted by Crippen LogP contribution is -2.38. The minimum Gasteiger partial charge on any atom is -0.396 e. The number of aryl methyl sites for hydroxylation is 1. The first-order chi connectivity index (χ1) is 8.15. The van der Waals surface area contributed by atoms with E-state index in [1.807, 2.05) is 30.2 Å². The second kappa shape index (κ2) is 7.45. The Kier molecular flexibility index (Phi) is 6.22. The van der Waals surface area contributed by atoms with Gasteiger partial charge in [0.1, 0.15) is 0 Å². The number of hydrogen-bond donors (Lipinski definition) is 1. The van der Waals surface area contributed by atoms with Crippen LogP contribution in [0.3, 0.4) is 0 Å². The van der Waals surface area contributed by atoms with Gasteiger partial charge in [-0.15, -0.1) is 11.3 Å². The molecule has 4 heteroatoms. The van der Waals surface area contributed by atoms with E-state index in [2.05, 4.69) is 6.07 Å². The van der Waals surface area contributed by atoms with Crippen LogP contribution in [0.25, 0.3) is 0 Å². The van der Waals surface area contributed by atoms with Crippen molar-refractivity contribution >= 4 is 17.2 Å². The van der Waals surface area contributed by atoms with Gasteiger partial charge in [-0.1, -0.05) is 6.07 Å². The van der Waals surface area contributed by atoms with Crippen LogP contribution in [-0.4, -0.2) is 35.1 Å². The van der Waals surface area contributed by atoms with Gasteiger partial charge in [0.05, 0.1) is 0 Å². The lowest BCUT2D eigenvalue weighted by molar-refractivity contribution is -0.133. The number of rotatable bonds is 7.